The van der Waals surface area contributed by atoms with E-state index in [2.05, 4.69) is 0 Å². The van der Waals surface area contributed by atoms with E-state index < -0.39 is 5.97 Å². The van der Waals surface area contributed by atoms with Gasteiger partial charge >= 0.3 is 5.97 Å². The second kappa shape index (κ2) is 7.83. The summed E-state index contributed by atoms with van der Waals surface area (Å²) in [5.41, 5.74) is 3.92. The number of halogens is 1. The van der Waals surface area contributed by atoms with E-state index >= 15 is 0 Å². The molecule has 3 aromatic rings. The molecular formula is C22H19FO3. The number of rotatable bonds is 6. The van der Waals surface area contributed by atoms with Crippen molar-refractivity contribution in [3.05, 3.63) is 89.2 Å². The lowest BCUT2D eigenvalue weighted by Crippen LogP contribution is -2.03. The third-order valence-corrected chi connectivity index (χ3v) is 4.36. The van der Waals surface area contributed by atoms with E-state index in [0.717, 1.165) is 35.1 Å². The summed E-state index contributed by atoms with van der Waals surface area (Å²) in [6, 6.07) is 18.5. The monoisotopic (exact) mass is 350 g/mol. The largest absolute Gasteiger partial charge is 0.508 e. The first kappa shape index (κ1) is 17.7. The SMILES string of the molecule is O=C(O)c1ccc(-c2ccc(O)cc2)cc1CCCc1ccc(F)cc1. The minimum Gasteiger partial charge on any atom is -0.508 e. The standard InChI is InChI=1S/C22H19FO3/c23-19-9-4-15(5-10-19)2-1-3-18-14-17(8-13-21(18)22(25)26)16-6-11-20(24)12-7-16/h4-14,24H,1-3H2,(H,25,26). The number of carboxylic acids is 1. The average molecular weight is 350 g/mol. The molecule has 0 saturated carbocycles. The Balaban J connectivity index is 1.79. The molecular weight excluding hydrogens is 331 g/mol. The van der Waals surface area contributed by atoms with Gasteiger partial charge in [0.2, 0.25) is 0 Å². The Bertz CT molecular complexity index is 900. The van der Waals surface area contributed by atoms with Crippen LogP contribution in [0.2, 0.25) is 0 Å². The minimum atomic E-state index is -0.945. The molecule has 0 atom stereocenters. The lowest BCUT2D eigenvalue weighted by Gasteiger charge is -2.10. The number of aromatic hydroxyl groups is 1. The van der Waals surface area contributed by atoms with Gasteiger partial charge in [-0.05, 0) is 71.8 Å². The Kier molecular flexibility index (Phi) is 5.32. The summed E-state index contributed by atoms with van der Waals surface area (Å²) in [5.74, 6) is -1.02. The molecule has 0 aliphatic carbocycles. The Labute approximate surface area is 151 Å². The maximum absolute atomic E-state index is 13.0. The van der Waals surface area contributed by atoms with Gasteiger partial charge in [-0.15, -0.1) is 0 Å². The molecule has 0 heterocycles. The van der Waals surface area contributed by atoms with Crippen molar-refractivity contribution in [2.75, 3.05) is 0 Å². The van der Waals surface area contributed by atoms with Crippen molar-refractivity contribution >= 4 is 5.97 Å². The highest BCUT2D eigenvalue weighted by Crippen LogP contribution is 2.25. The number of aromatic carboxylic acids is 1. The number of aryl methyl sites for hydroxylation is 2. The normalized spacial score (nSPS) is 10.7. The number of phenolic OH excluding ortho intramolecular Hbond substituents is 1. The third-order valence-electron chi connectivity index (χ3n) is 4.36. The first-order valence-electron chi connectivity index (χ1n) is 8.43. The molecule has 3 nitrogen and oxygen atoms in total. The van der Waals surface area contributed by atoms with Gasteiger partial charge in [-0.3, -0.25) is 0 Å². The molecule has 3 aromatic carbocycles. The summed E-state index contributed by atoms with van der Waals surface area (Å²) < 4.78 is 13.0. The zero-order valence-electron chi connectivity index (χ0n) is 14.2. The highest BCUT2D eigenvalue weighted by Gasteiger charge is 2.11. The Morgan fingerprint density at radius 3 is 2.15 bits per heavy atom. The van der Waals surface area contributed by atoms with E-state index in [4.69, 9.17) is 0 Å². The molecule has 0 aliphatic heterocycles. The first-order valence-corrected chi connectivity index (χ1v) is 8.43. The van der Waals surface area contributed by atoms with Gasteiger partial charge in [0.1, 0.15) is 11.6 Å². The number of hydrogen-bond donors (Lipinski definition) is 2. The van der Waals surface area contributed by atoms with Crippen molar-refractivity contribution in [3.8, 4) is 16.9 Å². The van der Waals surface area contributed by atoms with E-state index in [0.29, 0.717) is 12.0 Å². The first-order chi connectivity index (χ1) is 12.5. The van der Waals surface area contributed by atoms with Crippen LogP contribution in [0.4, 0.5) is 4.39 Å². The maximum Gasteiger partial charge on any atom is 0.335 e. The molecule has 4 heteroatoms. The predicted octanol–water partition coefficient (Wildman–Crippen LogP) is 5.07. The number of benzene rings is 3. The Morgan fingerprint density at radius 2 is 1.50 bits per heavy atom. The van der Waals surface area contributed by atoms with Gasteiger partial charge in [0.25, 0.3) is 0 Å². The summed E-state index contributed by atoms with van der Waals surface area (Å²) in [7, 11) is 0. The molecule has 2 N–H and O–H groups in total. The Morgan fingerprint density at radius 1 is 0.846 bits per heavy atom. The van der Waals surface area contributed by atoms with Crippen molar-refractivity contribution < 1.29 is 19.4 Å². The van der Waals surface area contributed by atoms with Crippen LogP contribution in [0, 0.1) is 5.82 Å². The number of phenols is 1. The van der Waals surface area contributed by atoms with E-state index in [-0.39, 0.29) is 11.6 Å². The summed E-state index contributed by atoms with van der Waals surface area (Å²) in [6.45, 7) is 0. The number of carboxylic acid groups (broad SMARTS) is 1. The van der Waals surface area contributed by atoms with E-state index in [1.165, 1.54) is 12.1 Å². The second-order valence-corrected chi connectivity index (χ2v) is 6.20. The molecule has 0 spiro atoms. The molecule has 132 valence electrons. The molecule has 26 heavy (non-hydrogen) atoms. The van der Waals surface area contributed by atoms with Gasteiger partial charge in [0.05, 0.1) is 5.56 Å². The summed E-state index contributed by atoms with van der Waals surface area (Å²) in [5, 5.41) is 18.9. The van der Waals surface area contributed by atoms with Crippen molar-refractivity contribution in [2.45, 2.75) is 19.3 Å². The van der Waals surface area contributed by atoms with Gasteiger partial charge in [-0.1, -0.05) is 36.4 Å². The molecule has 0 fully saturated rings. The highest BCUT2D eigenvalue weighted by atomic mass is 19.1. The molecule has 0 aliphatic rings. The van der Waals surface area contributed by atoms with E-state index in [1.807, 2.05) is 6.07 Å². The van der Waals surface area contributed by atoms with Gasteiger partial charge in [-0.2, -0.15) is 0 Å². The molecule has 3 rings (SSSR count). The lowest BCUT2D eigenvalue weighted by atomic mass is 9.95. The molecule has 0 amide bonds. The van der Waals surface area contributed by atoms with Crippen molar-refractivity contribution in [3.63, 3.8) is 0 Å². The topological polar surface area (TPSA) is 57.5 Å². The van der Waals surface area contributed by atoms with Crippen LogP contribution in [-0.4, -0.2) is 16.2 Å². The van der Waals surface area contributed by atoms with Crippen molar-refractivity contribution in [1.29, 1.82) is 0 Å². The van der Waals surface area contributed by atoms with Crippen LogP contribution < -0.4 is 0 Å². The van der Waals surface area contributed by atoms with Gasteiger partial charge < -0.3 is 10.2 Å². The molecule has 0 aromatic heterocycles. The van der Waals surface area contributed by atoms with Gasteiger partial charge in [0.15, 0.2) is 0 Å². The fraction of sp³-hybridized carbons (Fsp3) is 0.136. The highest BCUT2D eigenvalue weighted by molar-refractivity contribution is 5.90. The summed E-state index contributed by atoms with van der Waals surface area (Å²) in [4.78, 5) is 11.5. The van der Waals surface area contributed by atoms with Crippen LogP contribution in [0.3, 0.4) is 0 Å². The average Bonchev–Trinajstić information content (AvgIpc) is 2.64. The summed E-state index contributed by atoms with van der Waals surface area (Å²) in [6.07, 6.45) is 2.14. The van der Waals surface area contributed by atoms with Gasteiger partial charge in [0, 0.05) is 0 Å². The molecule has 0 bridgehead atoms. The fourth-order valence-corrected chi connectivity index (χ4v) is 2.98. The van der Waals surface area contributed by atoms with Crippen LogP contribution in [0.15, 0.2) is 66.7 Å². The van der Waals surface area contributed by atoms with Crippen LogP contribution in [-0.2, 0) is 12.8 Å². The van der Waals surface area contributed by atoms with Crippen LogP contribution in [0.25, 0.3) is 11.1 Å². The third kappa shape index (κ3) is 4.28. The summed E-state index contributed by atoms with van der Waals surface area (Å²) >= 11 is 0. The Hall–Kier alpha value is -3.14. The van der Waals surface area contributed by atoms with E-state index in [9.17, 15) is 19.4 Å². The van der Waals surface area contributed by atoms with E-state index in [1.54, 1.807) is 48.5 Å². The molecule has 0 saturated heterocycles. The van der Waals surface area contributed by atoms with Crippen LogP contribution in [0.5, 0.6) is 5.75 Å². The fourth-order valence-electron chi connectivity index (χ4n) is 2.98. The van der Waals surface area contributed by atoms with Gasteiger partial charge in [-0.25, -0.2) is 9.18 Å². The predicted molar refractivity (Wildman–Crippen MR) is 98.9 cm³/mol. The van der Waals surface area contributed by atoms with Crippen molar-refractivity contribution in [2.24, 2.45) is 0 Å². The van der Waals surface area contributed by atoms with Crippen molar-refractivity contribution in [1.82, 2.24) is 0 Å². The maximum atomic E-state index is 13.0. The quantitative estimate of drug-likeness (QED) is 0.652. The number of hydrogen-bond acceptors (Lipinski definition) is 2. The van der Waals surface area contributed by atoms with Crippen LogP contribution in [0.1, 0.15) is 27.9 Å². The molecule has 0 unspecified atom stereocenters. The minimum absolute atomic E-state index is 0.190. The second-order valence-electron chi connectivity index (χ2n) is 6.20. The lowest BCUT2D eigenvalue weighted by molar-refractivity contribution is 0.0695. The van der Waals surface area contributed by atoms with Crippen LogP contribution >= 0.6 is 0 Å². The zero-order valence-corrected chi connectivity index (χ0v) is 14.2. The molecule has 0 radical (unpaired) electrons. The smallest absolute Gasteiger partial charge is 0.335 e. The number of carbonyl (C=O) groups is 1. The zero-order chi connectivity index (χ0) is 18.5.